The summed E-state index contributed by atoms with van der Waals surface area (Å²) in [7, 11) is 0. The van der Waals surface area contributed by atoms with E-state index in [9.17, 15) is 25.0 Å². The fourth-order valence-corrected chi connectivity index (χ4v) is 1.53. The highest BCUT2D eigenvalue weighted by atomic mass is 16.6. The van der Waals surface area contributed by atoms with Gasteiger partial charge in [-0.3, -0.25) is 20.2 Å². The molecule has 0 radical (unpaired) electrons. The number of carboxylic acid groups (broad SMARTS) is 1. The van der Waals surface area contributed by atoms with Gasteiger partial charge >= 0.3 is 5.97 Å². The lowest BCUT2D eigenvalue weighted by Gasteiger charge is -2.16. The predicted molar refractivity (Wildman–Crippen MR) is 68.3 cm³/mol. The number of aromatic carboxylic acids is 1. The van der Waals surface area contributed by atoms with Crippen LogP contribution in [0.3, 0.4) is 0 Å². The highest BCUT2D eigenvalue weighted by molar-refractivity contribution is 5.98. The smallest absolute Gasteiger partial charge is 0.338 e. The second kappa shape index (κ2) is 6.58. The summed E-state index contributed by atoms with van der Waals surface area (Å²) in [5, 5.41) is 50.8. The number of carbonyl (C=O) groups is 1. The van der Waals surface area contributed by atoms with E-state index in [-0.39, 0.29) is 0 Å². The van der Waals surface area contributed by atoms with Crippen molar-refractivity contribution in [1.82, 2.24) is 0 Å². The number of rotatable bonds is 7. The van der Waals surface area contributed by atoms with Gasteiger partial charge in [-0.2, -0.15) is 0 Å². The summed E-state index contributed by atoms with van der Waals surface area (Å²) in [4.78, 5) is 30.8. The predicted octanol–water partition coefficient (Wildman–Crippen LogP) is -0.0337. The van der Waals surface area contributed by atoms with Gasteiger partial charge in [0.25, 0.3) is 11.4 Å². The molecule has 0 saturated carbocycles. The van der Waals surface area contributed by atoms with Crippen LogP contribution < -0.4 is 5.32 Å². The van der Waals surface area contributed by atoms with Crippen molar-refractivity contribution in [2.75, 3.05) is 18.5 Å². The van der Waals surface area contributed by atoms with Crippen LogP contribution in [0, 0.1) is 20.2 Å². The molecular formula is C10H11N3O8. The first-order valence-corrected chi connectivity index (χ1v) is 5.50. The summed E-state index contributed by atoms with van der Waals surface area (Å²) in [6, 6.07) is 0.201. The molecule has 114 valence electrons. The van der Waals surface area contributed by atoms with Gasteiger partial charge in [0, 0.05) is 6.07 Å². The molecule has 0 spiro atoms. The summed E-state index contributed by atoms with van der Waals surface area (Å²) in [6.07, 6.45) is 0. The minimum atomic E-state index is -1.63. The van der Waals surface area contributed by atoms with Gasteiger partial charge in [0.05, 0.1) is 40.7 Å². The Morgan fingerprint density at radius 1 is 1.19 bits per heavy atom. The number of nitrogens with one attached hydrogen (secondary N) is 1. The molecule has 0 aliphatic heterocycles. The summed E-state index contributed by atoms with van der Waals surface area (Å²) in [5.41, 5.74) is -2.82. The quantitative estimate of drug-likeness (QED) is 0.397. The van der Waals surface area contributed by atoms with Gasteiger partial charge in [-0.15, -0.1) is 0 Å². The Morgan fingerprint density at radius 3 is 2.14 bits per heavy atom. The molecule has 0 aliphatic rings. The number of hydrogen-bond acceptors (Lipinski definition) is 8. The highest BCUT2D eigenvalue weighted by Crippen LogP contribution is 2.33. The second-order valence-electron chi connectivity index (χ2n) is 3.91. The highest BCUT2D eigenvalue weighted by Gasteiger charge is 2.28. The van der Waals surface area contributed by atoms with E-state index in [1.54, 1.807) is 0 Å². The molecule has 0 heterocycles. The molecule has 0 aliphatic carbocycles. The number of non-ortho nitro benzene ring substituents is 1. The van der Waals surface area contributed by atoms with E-state index in [1.165, 1.54) is 0 Å². The third-order valence-electron chi connectivity index (χ3n) is 2.53. The van der Waals surface area contributed by atoms with Crippen LogP contribution >= 0.6 is 0 Å². The van der Waals surface area contributed by atoms with Crippen LogP contribution in [0.4, 0.5) is 17.1 Å². The Labute approximate surface area is 116 Å². The zero-order valence-corrected chi connectivity index (χ0v) is 10.4. The van der Waals surface area contributed by atoms with E-state index in [4.69, 9.17) is 15.3 Å². The van der Waals surface area contributed by atoms with Crippen molar-refractivity contribution < 1.29 is 30.0 Å². The molecule has 1 aromatic rings. The summed E-state index contributed by atoms with van der Waals surface area (Å²) >= 11 is 0. The minimum absolute atomic E-state index is 0.522. The van der Waals surface area contributed by atoms with Crippen LogP contribution in [0.5, 0.6) is 0 Å². The molecule has 11 nitrogen and oxygen atoms in total. The van der Waals surface area contributed by atoms with E-state index in [0.717, 1.165) is 0 Å². The fourth-order valence-electron chi connectivity index (χ4n) is 1.53. The fraction of sp³-hybridized carbons (Fsp3) is 0.300. The van der Waals surface area contributed by atoms with Crippen LogP contribution in [-0.4, -0.2) is 50.4 Å². The first-order valence-electron chi connectivity index (χ1n) is 5.50. The normalized spacial score (nSPS) is 10.4. The lowest BCUT2D eigenvalue weighted by molar-refractivity contribution is -0.393. The molecule has 0 saturated heterocycles. The van der Waals surface area contributed by atoms with E-state index < -0.39 is 57.7 Å². The van der Waals surface area contributed by atoms with E-state index in [0.29, 0.717) is 12.1 Å². The van der Waals surface area contributed by atoms with Crippen molar-refractivity contribution in [1.29, 1.82) is 0 Å². The van der Waals surface area contributed by atoms with Gasteiger partial charge in [0.1, 0.15) is 5.69 Å². The monoisotopic (exact) mass is 301 g/mol. The van der Waals surface area contributed by atoms with Crippen molar-refractivity contribution in [3.63, 3.8) is 0 Å². The number of carboxylic acids is 1. The van der Waals surface area contributed by atoms with Gasteiger partial charge in [0.2, 0.25) is 0 Å². The average Bonchev–Trinajstić information content (AvgIpc) is 2.43. The molecule has 21 heavy (non-hydrogen) atoms. The Hall–Kier alpha value is -2.79. The molecule has 4 N–H and O–H groups in total. The first-order chi connectivity index (χ1) is 9.81. The molecule has 0 aromatic heterocycles. The third kappa shape index (κ3) is 3.61. The first kappa shape index (κ1) is 16.3. The molecule has 0 atom stereocenters. The Balaban J connectivity index is 3.53. The van der Waals surface area contributed by atoms with E-state index in [1.807, 2.05) is 0 Å². The number of nitro groups is 2. The number of aliphatic hydroxyl groups excluding tert-OH is 2. The Morgan fingerprint density at radius 2 is 1.76 bits per heavy atom. The van der Waals surface area contributed by atoms with Gasteiger partial charge in [-0.25, -0.2) is 4.79 Å². The molecular weight excluding hydrogens is 290 g/mol. The molecule has 1 rings (SSSR count). The van der Waals surface area contributed by atoms with Crippen molar-refractivity contribution in [2.45, 2.75) is 6.04 Å². The third-order valence-corrected chi connectivity index (χ3v) is 2.53. The molecule has 11 heteroatoms. The van der Waals surface area contributed by atoms with Crippen molar-refractivity contribution in [3.8, 4) is 0 Å². The lowest BCUT2D eigenvalue weighted by Crippen LogP contribution is -2.29. The molecule has 0 bridgehead atoms. The van der Waals surface area contributed by atoms with Gasteiger partial charge < -0.3 is 20.6 Å². The van der Waals surface area contributed by atoms with Crippen LogP contribution in [-0.2, 0) is 0 Å². The van der Waals surface area contributed by atoms with Crippen LogP contribution in [0.1, 0.15) is 10.4 Å². The van der Waals surface area contributed by atoms with Crippen LogP contribution in [0.2, 0.25) is 0 Å². The zero-order chi connectivity index (χ0) is 16.2. The van der Waals surface area contributed by atoms with Crippen molar-refractivity contribution in [3.05, 3.63) is 37.9 Å². The molecule has 1 aromatic carbocycles. The zero-order valence-electron chi connectivity index (χ0n) is 10.4. The minimum Gasteiger partial charge on any atom is -0.478 e. The summed E-state index contributed by atoms with van der Waals surface area (Å²) in [5.74, 6) is -1.63. The average molecular weight is 301 g/mol. The maximum atomic E-state index is 11.1. The van der Waals surface area contributed by atoms with E-state index in [2.05, 4.69) is 5.32 Å². The van der Waals surface area contributed by atoms with Crippen molar-refractivity contribution >= 4 is 23.0 Å². The second-order valence-corrected chi connectivity index (χ2v) is 3.91. The van der Waals surface area contributed by atoms with Crippen LogP contribution in [0.15, 0.2) is 12.1 Å². The van der Waals surface area contributed by atoms with Gasteiger partial charge in [-0.05, 0) is 0 Å². The number of anilines is 1. The number of aliphatic hydroxyl groups is 2. The van der Waals surface area contributed by atoms with Crippen LogP contribution in [0.25, 0.3) is 0 Å². The number of benzene rings is 1. The SMILES string of the molecule is O=C(O)c1cc([N+](=O)[O-])cc([N+](=O)[O-])c1NC(CO)CO. The topological polar surface area (TPSA) is 176 Å². The molecule has 0 amide bonds. The molecule has 0 fully saturated rings. The van der Waals surface area contributed by atoms with Gasteiger partial charge in [-0.1, -0.05) is 0 Å². The summed E-state index contributed by atoms with van der Waals surface area (Å²) in [6.45, 7) is -1.24. The molecule has 0 unspecified atom stereocenters. The van der Waals surface area contributed by atoms with Crippen molar-refractivity contribution in [2.24, 2.45) is 0 Å². The standard InChI is InChI=1S/C10H11N3O8/c14-3-5(4-15)11-9-7(10(16)17)1-6(12(18)19)2-8(9)13(20)21/h1-2,5,11,14-15H,3-4H2,(H,16,17). The van der Waals surface area contributed by atoms with Gasteiger partial charge in [0.15, 0.2) is 0 Å². The maximum Gasteiger partial charge on any atom is 0.338 e. The number of nitrogens with zero attached hydrogens (tertiary/aromatic N) is 2. The Kier molecular flexibility index (Phi) is 5.10. The number of nitro benzene ring substituents is 2. The Bertz CT molecular complexity index is 549. The maximum absolute atomic E-state index is 11.1. The number of hydrogen-bond donors (Lipinski definition) is 4. The lowest BCUT2D eigenvalue weighted by atomic mass is 10.1. The largest absolute Gasteiger partial charge is 0.478 e. The van der Waals surface area contributed by atoms with E-state index >= 15 is 0 Å². The summed E-state index contributed by atoms with van der Waals surface area (Å²) < 4.78 is 0.